The number of anilines is 1. The zero-order chi connectivity index (χ0) is 18.2. The summed E-state index contributed by atoms with van der Waals surface area (Å²) in [6, 6.07) is 10.7. The van der Waals surface area contributed by atoms with Gasteiger partial charge in [-0.3, -0.25) is 0 Å². The van der Waals surface area contributed by atoms with Crippen LogP contribution in [-0.2, 0) is 13.1 Å². The molecule has 0 bridgehead atoms. The molecule has 0 aliphatic carbocycles. The molecule has 146 valence electrons. The van der Waals surface area contributed by atoms with E-state index in [0.717, 1.165) is 37.0 Å². The van der Waals surface area contributed by atoms with Crippen LogP contribution in [0.25, 0.3) is 0 Å². The number of aliphatic imine (C=N–C) groups is 1. The standard InChI is InChI=1S/C20H26FN5.HI/c1-2-22-20(24-14-16-6-5-7-18(21)12-16)25-15-17-8-9-23-19(13-17)26-10-3-4-11-26;/h5-9,12-13H,2-4,10-11,14-15H2,1H3,(H2,22,24,25);1H. The Morgan fingerprint density at radius 2 is 1.96 bits per heavy atom. The molecule has 1 aliphatic rings. The summed E-state index contributed by atoms with van der Waals surface area (Å²) in [5, 5.41) is 6.57. The number of hydrogen-bond donors (Lipinski definition) is 2. The first-order valence-corrected chi connectivity index (χ1v) is 9.21. The van der Waals surface area contributed by atoms with Crippen LogP contribution in [0.3, 0.4) is 0 Å². The molecule has 2 heterocycles. The fourth-order valence-electron chi connectivity index (χ4n) is 3.02. The Kier molecular flexibility index (Phi) is 8.77. The third-order valence-corrected chi connectivity index (χ3v) is 4.35. The number of rotatable bonds is 6. The number of nitrogens with one attached hydrogen (secondary N) is 2. The molecular weight excluding hydrogens is 456 g/mol. The van der Waals surface area contributed by atoms with Crippen LogP contribution in [0.15, 0.2) is 47.6 Å². The van der Waals surface area contributed by atoms with Gasteiger partial charge in [0, 0.05) is 32.4 Å². The van der Waals surface area contributed by atoms with E-state index < -0.39 is 0 Å². The van der Waals surface area contributed by atoms with Gasteiger partial charge in [0.2, 0.25) is 0 Å². The van der Waals surface area contributed by atoms with Crippen molar-refractivity contribution in [2.45, 2.75) is 32.9 Å². The quantitative estimate of drug-likeness (QED) is 0.374. The van der Waals surface area contributed by atoms with E-state index in [2.05, 4.69) is 31.6 Å². The molecule has 5 nitrogen and oxygen atoms in total. The molecule has 1 fully saturated rings. The zero-order valence-electron chi connectivity index (χ0n) is 15.6. The molecular formula is C20H27FIN5. The third-order valence-electron chi connectivity index (χ3n) is 4.35. The van der Waals surface area contributed by atoms with Gasteiger partial charge < -0.3 is 15.5 Å². The van der Waals surface area contributed by atoms with Gasteiger partial charge >= 0.3 is 0 Å². The first-order chi connectivity index (χ1) is 12.7. The van der Waals surface area contributed by atoms with E-state index in [1.54, 1.807) is 6.07 Å². The van der Waals surface area contributed by atoms with Gasteiger partial charge in [0.05, 0.1) is 6.54 Å². The monoisotopic (exact) mass is 483 g/mol. The number of hydrogen-bond acceptors (Lipinski definition) is 3. The van der Waals surface area contributed by atoms with Crippen molar-refractivity contribution in [1.82, 2.24) is 15.6 Å². The maximum Gasteiger partial charge on any atom is 0.191 e. The molecule has 0 spiro atoms. The first kappa shape index (κ1) is 21.4. The van der Waals surface area contributed by atoms with Crippen LogP contribution >= 0.6 is 24.0 Å². The molecule has 1 aliphatic heterocycles. The highest BCUT2D eigenvalue weighted by atomic mass is 127. The summed E-state index contributed by atoms with van der Waals surface area (Å²) in [7, 11) is 0. The Labute approximate surface area is 177 Å². The number of aromatic nitrogens is 1. The number of nitrogens with zero attached hydrogens (tertiary/aromatic N) is 3. The van der Waals surface area contributed by atoms with Crippen molar-refractivity contribution in [2.75, 3.05) is 24.5 Å². The molecule has 1 saturated heterocycles. The molecule has 0 radical (unpaired) electrons. The molecule has 27 heavy (non-hydrogen) atoms. The van der Waals surface area contributed by atoms with Gasteiger partial charge in [-0.15, -0.1) is 24.0 Å². The van der Waals surface area contributed by atoms with Crippen LogP contribution in [0, 0.1) is 5.82 Å². The van der Waals surface area contributed by atoms with Crippen molar-refractivity contribution in [3.05, 3.63) is 59.5 Å². The summed E-state index contributed by atoms with van der Waals surface area (Å²) in [6.07, 6.45) is 4.34. The van der Waals surface area contributed by atoms with Gasteiger partial charge in [-0.2, -0.15) is 0 Å². The van der Waals surface area contributed by atoms with E-state index in [1.807, 2.05) is 25.3 Å². The third kappa shape index (κ3) is 6.64. The summed E-state index contributed by atoms with van der Waals surface area (Å²) in [6.45, 7) is 6.06. The second kappa shape index (κ2) is 11.1. The largest absolute Gasteiger partial charge is 0.357 e. The molecule has 0 unspecified atom stereocenters. The SMILES string of the molecule is CCNC(=NCc1cccc(F)c1)NCc1ccnc(N2CCCC2)c1.I. The molecule has 3 rings (SSSR count). The Bertz CT molecular complexity index is 747. The number of benzene rings is 1. The predicted molar refractivity (Wildman–Crippen MR) is 119 cm³/mol. The van der Waals surface area contributed by atoms with Crippen molar-refractivity contribution in [2.24, 2.45) is 4.99 Å². The van der Waals surface area contributed by atoms with Crippen LogP contribution in [0.1, 0.15) is 30.9 Å². The van der Waals surface area contributed by atoms with Crippen LogP contribution in [0.2, 0.25) is 0 Å². The van der Waals surface area contributed by atoms with Crippen molar-refractivity contribution >= 4 is 35.8 Å². The topological polar surface area (TPSA) is 52.6 Å². The summed E-state index contributed by atoms with van der Waals surface area (Å²) < 4.78 is 13.3. The second-order valence-corrected chi connectivity index (χ2v) is 6.40. The zero-order valence-corrected chi connectivity index (χ0v) is 17.9. The maximum atomic E-state index is 13.3. The second-order valence-electron chi connectivity index (χ2n) is 6.40. The lowest BCUT2D eigenvalue weighted by atomic mass is 10.2. The van der Waals surface area contributed by atoms with Crippen LogP contribution in [-0.4, -0.2) is 30.6 Å². The molecule has 1 aromatic heterocycles. The highest BCUT2D eigenvalue weighted by molar-refractivity contribution is 14.0. The minimum absolute atomic E-state index is 0. The fraction of sp³-hybridized carbons (Fsp3) is 0.400. The first-order valence-electron chi connectivity index (χ1n) is 9.21. The van der Waals surface area contributed by atoms with Gasteiger partial charge in [0.1, 0.15) is 11.6 Å². The van der Waals surface area contributed by atoms with E-state index >= 15 is 0 Å². The van der Waals surface area contributed by atoms with Gasteiger partial charge in [0.15, 0.2) is 5.96 Å². The van der Waals surface area contributed by atoms with Crippen LogP contribution in [0.4, 0.5) is 10.2 Å². The highest BCUT2D eigenvalue weighted by Crippen LogP contribution is 2.18. The van der Waals surface area contributed by atoms with E-state index in [4.69, 9.17) is 0 Å². The van der Waals surface area contributed by atoms with E-state index in [9.17, 15) is 4.39 Å². The number of guanidine groups is 1. The Morgan fingerprint density at radius 1 is 1.15 bits per heavy atom. The average molecular weight is 483 g/mol. The van der Waals surface area contributed by atoms with Gasteiger partial charge in [0.25, 0.3) is 0 Å². The van der Waals surface area contributed by atoms with Gasteiger partial charge in [-0.05, 0) is 55.2 Å². The molecule has 1 aromatic carbocycles. The minimum atomic E-state index is -0.234. The summed E-state index contributed by atoms with van der Waals surface area (Å²) in [4.78, 5) is 11.4. The number of halogens is 2. The Morgan fingerprint density at radius 3 is 2.70 bits per heavy atom. The fourth-order valence-corrected chi connectivity index (χ4v) is 3.02. The van der Waals surface area contributed by atoms with E-state index in [-0.39, 0.29) is 29.8 Å². The van der Waals surface area contributed by atoms with Crippen LogP contribution < -0.4 is 15.5 Å². The van der Waals surface area contributed by atoms with Crippen LogP contribution in [0.5, 0.6) is 0 Å². The predicted octanol–water partition coefficient (Wildman–Crippen LogP) is 3.69. The smallest absolute Gasteiger partial charge is 0.191 e. The van der Waals surface area contributed by atoms with E-state index in [0.29, 0.717) is 13.1 Å². The number of pyridine rings is 1. The lowest BCUT2D eigenvalue weighted by molar-refractivity contribution is 0.625. The molecule has 0 saturated carbocycles. The lowest BCUT2D eigenvalue weighted by Gasteiger charge is -2.17. The summed E-state index contributed by atoms with van der Waals surface area (Å²) in [5.74, 6) is 1.53. The molecule has 2 aromatic rings. The highest BCUT2D eigenvalue weighted by Gasteiger charge is 2.13. The summed E-state index contributed by atoms with van der Waals surface area (Å²) in [5.41, 5.74) is 2.01. The molecule has 0 atom stereocenters. The molecule has 0 amide bonds. The van der Waals surface area contributed by atoms with Crippen molar-refractivity contribution in [1.29, 1.82) is 0 Å². The van der Waals surface area contributed by atoms with Crippen molar-refractivity contribution in [3.63, 3.8) is 0 Å². The Hall–Kier alpha value is -1.90. The lowest BCUT2D eigenvalue weighted by Crippen LogP contribution is -2.36. The van der Waals surface area contributed by atoms with Crippen molar-refractivity contribution in [3.8, 4) is 0 Å². The van der Waals surface area contributed by atoms with Crippen molar-refractivity contribution < 1.29 is 4.39 Å². The normalized spacial score (nSPS) is 14.0. The minimum Gasteiger partial charge on any atom is -0.357 e. The Balaban J connectivity index is 0.00000261. The van der Waals surface area contributed by atoms with Gasteiger partial charge in [-0.25, -0.2) is 14.4 Å². The van der Waals surface area contributed by atoms with E-state index in [1.165, 1.54) is 30.5 Å². The molecule has 2 N–H and O–H groups in total. The molecule has 7 heteroatoms. The maximum absolute atomic E-state index is 13.3. The average Bonchev–Trinajstić information content (AvgIpc) is 3.19. The summed E-state index contributed by atoms with van der Waals surface area (Å²) >= 11 is 0. The van der Waals surface area contributed by atoms with Gasteiger partial charge in [-0.1, -0.05) is 12.1 Å².